The highest BCUT2D eigenvalue weighted by molar-refractivity contribution is 6.42. The molecule has 1 heterocycles. The van der Waals surface area contributed by atoms with Gasteiger partial charge in [-0.15, -0.1) is 12.4 Å². The molecule has 0 saturated carbocycles. The van der Waals surface area contributed by atoms with Gasteiger partial charge in [0, 0.05) is 13.1 Å². The zero-order valence-corrected chi connectivity index (χ0v) is 19.3. The first-order valence-electron chi connectivity index (χ1n) is 9.73. The SMILES string of the molecule is CCCCCCCCNC1=NC(C)(C)N(Cc2ccc(Cl)c(Cl)c2)C(N)=N1.Cl. The molecular formula is C20H32Cl3N5. The van der Waals surface area contributed by atoms with Gasteiger partial charge >= 0.3 is 0 Å². The monoisotopic (exact) mass is 447 g/mol. The Morgan fingerprint density at radius 2 is 1.75 bits per heavy atom. The number of guanidine groups is 2. The van der Waals surface area contributed by atoms with E-state index in [-0.39, 0.29) is 12.4 Å². The van der Waals surface area contributed by atoms with Crippen LogP contribution in [0, 0.1) is 0 Å². The maximum Gasteiger partial charge on any atom is 0.223 e. The van der Waals surface area contributed by atoms with Crippen molar-refractivity contribution in [2.75, 3.05) is 6.54 Å². The molecule has 0 atom stereocenters. The van der Waals surface area contributed by atoms with Gasteiger partial charge in [-0.1, -0.05) is 68.3 Å². The van der Waals surface area contributed by atoms with E-state index < -0.39 is 5.66 Å². The second kappa shape index (κ2) is 11.7. The molecule has 1 aromatic carbocycles. The quantitative estimate of drug-likeness (QED) is 0.484. The molecule has 5 nitrogen and oxygen atoms in total. The minimum atomic E-state index is -0.499. The molecule has 0 saturated heterocycles. The van der Waals surface area contributed by atoms with E-state index in [0.29, 0.717) is 28.5 Å². The number of halogens is 3. The molecule has 0 amide bonds. The Morgan fingerprint density at radius 1 is 1.07 bits per heavy atom. The summed E-state index contributed by atoms with van der Waals surface area (Å²) in [6, 6.07) is 5.58. The summed E-state index contributed by atoms with van der Waals surface area (Å²) >= 11 is 12.1. The van der Waals surface area contributed by atoms with Gasteiger partial charge in [-0.3, -0.25) is 0 Å². The predicted molar refractivity (Wildman–Crippen MR) is 124 cm³/mol. The molecule has 0 aromatic heterocycles. The second-order valence-electron chi connectivity index (χ2n) is 7.43. The summed E-state index contributed by atoms with van der Waals surface area (Å²) in [6.07, 6.45) is 7.55. The van der Waals surface area contributed by atoms with Crippen LogP contribution in [0.15, 0.2) is 28.2 Å². The van der Waals surface area contributed by atoms with Gasteiger partial charge in [-0.25, -0.2) is 4.99 Å². The number of rotatable bonds is 9. The molecule has 0 aliphatic carbocycles. The van der Waals surface area contributed by atoms with Crippen molar-refractivity contribution >= 4 is 47.5 Å². The Hall–Kier alpha value is -1.17. The number of benzene rings is 1. The van der Waals surface area contributed by atoms with E-state index in [0.717, 1.165) is 18.5 Å². The van der Waals surface area contributed by atoms with Crippen LogP contribution >= 0.6 is 35.6 Å². The summed E-state index contributed by atoms with van der Waals surface area (Å²) in [7, 11) is 0. The Balaban J connectivity index is 0.00000392. The fourth-order valence-corrected chi connectivity index (χ4v) is 3.39. The van der Waals surface area contributed by atoms with Crippen LogP contribution in [0.3, 0.4) is 0 Å². The summed E-state index contributed by atoms with van der Waals surface area (Å²) < 4.78 is 0. The molecule has 28 heavy (non-hydrogen) atoms. The molecule has 2 rings (SSSR count). The molecular weight excluding hydrogens is 417 g/mol. The first-order valence-corrected chi connectivity index (χ1v) is 10.5. The van der Waals surface area contributed by atoms with Crippen LogP contribution in [0.25, 0.3) is 0 Å². The molecule has 0 spiro atoms. The van der Waals surface area contributed by atoms with Crippen molar-refractivity contribution in [3.05, 3.63) is 33.8 Å². The van der Waals surface area contributed by atoms with Gasteiger partial charge in [-0.2, -0.15) is 4.99 Å². The smallest absolute Gasteiger partial charge is 0.223 e. The Labute approximate surface area is 185 Å². The van der Waals surface area contributed by atoms with Gasteiger partial charge < -0.3 is 16.0 Å². The van der Waals surface area contributed by atoms with Crippen LogP contribution in [0.5, 0.6) is 0 Å². The fraction of sp³-hybridized carbons (Fsp3) is 0.600. The molecule has 1 aliphatic heterocycles. The highest BCUT2D eigenvalue weighted by Gasteiger charge is 2.32. The van der Waals surface area contributed by atoms with Crippen LogP contribution in [0.4, 0.5) is 0 Å². The number of hydrogen-bond acceptors (Lipinski definition) is 5. The lowest BCUT2D eigenvalue weighted by molar-refractivity contribution is 0.209. The van der Waals surface area contributed by atoms with Crippen molar-refractivity contribution in [2.45, 2.75) is 71.5 Å². The second-order valence-corrected chi connectivity index (χ2v) is 8.24. The average Bonchev–Trinajstić information content (AvgIpc) is 2.60. The fourth-order valence-electron chi connectivity index (χ4n) is 3.07. The van der Waals surface area contributed by atoms with Crippen LogP contribution in [-0.2, 0) is 6.54 Å². The van der Waals surface area contributed by atoms with Gasteiger partial charge in [0.05, 0.1) is 10.0 Å². The predicted octanol–water partition coefficient (Wildman–Crippen LogP) is 5.59. The molecule has 3 N–H and O–H groups in total. The van der Waals surface area contributed by atoms with E-state index in [1.54, 1.807) is 6.07 Å². The average molecular weight is 449 g/mol. The van der Waals surface area contributed by atoms with E-state index in [9.17, 15) is 0 Å². The Bertz CT molecular complexity index is 688. The molecule has 0 fully saturated rings. The highest BCUT2D eigenvalue weighted by Crippen LogP contribution is 2.26. The summed E-state index contributed by atoms with van der Waals surface area (Å²) in [5.41, 5.74) is 6.75. The van der Waals surface area contributed by atoms with Crippen LogP contribution < -0.4 is 11.1 Å². The molecule has 1 aromatic rings. The van der Waals surface area contributed by atoms with Crippen molar-refractivity contribution in [1.82, 2.24) is 10.2 Å². The third kappa shape index (κ3) is 7.34. The summed E-state index contributed by atoms with van der Waals surface area (Å²) in [5.74, 6) is 1.06. The topological polar surface area (TPSA) is 66.0 Å². The number of nitrogens with one attached hydrogen (secondary N) is 1. The molecule has 0 unspecified atom stereocenters. The highest BCUT2D eigenvalue weighted by atomic mass is 35.5. The minimum absolute atomic E-state index is 0. The van der Waals surface area contributed by atoms with E-state index in [1.165, 1.54) is 32.1 Å². The number of nitrogens with zero attached hydrogens (tertiary/aromatic N) is 3. The molecule has 0 radical (unpaired) electrons. The summed E-state index contributed by atoms with van der Waals surface area (Å²) in [6.45, 7) is 7.72. The van der Waals surface area contributed by atoms with Gasteiger partial charge in [0.15, 0.2) is 0 Å². The summed E-state index contributed by atoms with van der Waals surface area (Å²) in [4.78, 5) is 11.1. The summed E-state index contributed by atoms with van der Waals surface area (Å²) in [5, 5.41) is 4.39. The van der Waals surface area contributed by atoms with Crippen molar-refractivity contribution in [1.29, 1.82) is 0 Å². The van der Waals surface area contributed by atoms with Crippen molar-refractivity contribution in [3.63, 3.8) is 0 Å². The zero-order chi connectivity index (χ0) is 19.9. The van der Waals surface area contributed by atoms with Crippen LogP contribution in [0.2, 0.25) is 10.0 Å². The molecule has 8 heteroatoms. The first-order chi connectivity index (χ1) is 12.8. The van der Waals surface area contributed by atoms with Crippen molar-refractivity contribution in [2.24, 2.45) is 15.7 Å². The molecule has 0 bridgehead atoms. The lowest BCUT2D eigenvalue weighted by atomic mass is 10.1. The van der Waals surface area contributed by atoms with E-state index >= 15 is 0 Å². The largest absolute Gasteiger partial charge is 0.369 e. The van der Waals surface area contributed by atoms with Crippen molar-refractivity contribution < 1.29 is 0 Å². The van der Waals surface area contributed by atoms with E-state index in [4.69, 9.17) is 33.9 Å². The Kier molecular flexibility index (Phi) is 10.4. The molecule has 158 valence electrons. The number of unbranched alkanes of at least 4 members (excludes halogenated alkanes) is 5. The van der Waals surface area contributed by atoms with Gasteiger partial charge in [0.25, 0.3) is 0 Å². The third-order valence-corrected chi connectivity index (χ3v) is 5.41. The lowest BCUT2D eigenvalue weighted by Gasteiger charge is -2.39. The number of aliphatic imine (C=N–C) groups is 2. The van der Waals surface area contributed by atoms with Crippen molar-refractivity contribution in [3.8, 4) is 0 Å². The van der Waals surface area contributed by atoms with E-state index in [1.807, 2.05) is 30.9 Å². The van der Waals surface area contributed by atoms with Gasteiger partial charge in [-0.05, 0) is 38.0 Å². The normalized spacial score (nSPS) is 15.5. The lowest BCUT2D eigenvalue weighted by Crippen LogP contribution is -2.53. The first kappa shape index (κ1) is 24.9. The maximum atomic E-state index is 6.24. The van der Waals surface area contributed by atoms with Crippen LogP contribution in [0.1, 0.15) is 64.9 Å². The third-order valence-electron chi connectivity index (χ3n) is 4.68. The minimum Gasteiger partial charge on any atom is -0.369 e. The Morgan fingerprint density at radius 3 is 2.39 bits per heavy atom. The maximum absolute atomic E-state index is 6.24. The standard InChI is InChI=1S/C20H31Cl2N5.ClH/c1-4-5-6-7-8-9-12-24-19-25-18(23)27(20(2,3)26-19)14-15-10-11-16(21)17(22)13-15;/h10-11,13H,4-9,12,14H2,1-3H3,(H3,23,24,25,26);1H. The molecule has 1 aliphatic rings. The van der Waals surface area contributed by atoms with E-state index in [2.05, 4.69) is 17.2 Å². The number of hydrogen-bond donors (Lipinski definition) is 2. The number of nitrogens with two attached hydrogens (primary N) is 1. The van der Waals surface area contributed by atoms with Gasteiger partial charge in [0.1, 0.15) is 5.66 Å². The van der Waals surface area contributed by atoms with Crippen LogP contribution in [-0.4, -0.2) is 29.0 Å². The van der Waals surface area contributed by atoms with Gasteiger partial charge in [0.2, 0.25) is 11.9 Å². The zero-order valence-electron chi connectivity index (χ0n) is 17.0.